The van der Waals surface area contributed by atoms with Crippen LogP contribution in [0.3, 0.4) is 0 Å². The summed E-state index contributed by atoms with van der Waals surface area (Å²) in [6, 6.07) is 0. The summed E-state index contributed by atoms with van der Waals surface area (Å²) in [5.74, 6) is -2.34. The molecule has 2 aliphatic heterocycles. The first-order chi connectivity index (χ1) is 17.4. The topological polar surface area (TPSA) is 113 Å². The van der Waals surface area contributed by atoms with Crippen LogP contribution in [-0.2, 0) is 19.1 Å². The standard InChI is InChI=1S/C31H42O7/c1-15-16(2)31(38-25(15)35)14-28(6,36)21-12-22(33)29(7)17-9-10-20-26(3,4)24(34)19(32)13-27(20,5)18(17)11-23(37-31)30(21,29)8/h9,11,20-24,33-34,36H,10,12-14H2,1-8H3/t20-,21+,22-,23+,24-,27+,28-,29+,30-,31+/m0/s1. The number of carbonyl (C=O) groups excluding carboxylic acids is 2. The van der Waals surface area contributed by atoms with E-state index >= 15 is 0 Å². The maximum absolute atomic E-state index is 13.2. The third kappa shape index (κ3) is 2.74. The smallest absolute Gasteiger partial charge is 0.336 e. The van der Waals surface area contributed by atoms with Crippen LogP contribution in [0.25, 0.3) is 0 Å². The van der Waals surface area contributed by atoms with Gasteiger partial charge in [-0.15, -0.1) is 0 Å². The van der Waals surface area contributed by atoms with Gasteiger partial charge in [-0.1, -0.05) is 46.8 Å². The van der Waals surface area contributed by atoms with E-state index in [1.807, 2.05) is 20.8 Å². The predicted octanol–water partition coefficient (Wildman–Crippen LogP) is 3.76. The number of allylic oxidation sites excluding steroid dienone is 2. The van der Waals surface area contributed by atoms with Crippen molar-refractivity contribution in [3.05, 3.63) is 34.4 Å². The molecule has 2 heterocycles. The molecule has 3 N–H and O–H groups in total. The maximum Gasteiger partial charge on any atom is 0.336 e. The number of fused-ring (bicyclic) bond motifs is 4. The average Bonchev–Trinajstić information content (AvgIpc) is 3.13. The van der Waals surface area contributed by atoms with Gasteiger partial charge in [-0.05, 0) is 56.6 Å². The highest BCUT2D eigenvalue weighted by Gasteiger charge is 2.74. The number of ketones is 1. The van der Waals surface area contributed by atoms with E-state index in [9.17, 15) is 24.9 Å². The first kappa shape index (κ1) is 26.4. The van der Waals surface area contributed by atoms with E-state index in [1.165, 1.54) is 0 Å². The summed E-state index contributed by atoms with van der Waals surface area (Å²) >= 11 is 0. The highest BCUT2D eigenvalue weighted by atomic mass is 16.7. The number of Topliss-reactive ketones (excluding diaryl/α,β-unsaturated/α-hetero) is 1. The van der Waals surface area contributed by atoms with Crippen molar-refractivity contribution in [1.29, 1.82) is 0 Å². The molecule has 1 saturated heterocycles. The molecule has 7 heteroatoms. The Bertz CT molecular complexity index is 1250. The Hall–Kier alpha value is -1.80. The fraction of sp³-hybridized carbons (Fsp3) is 0.742. The minimum Gasteiger partial charge on any atom is -0.425 e. The highest BCUT2D eigenvalue weighted by molar-refractivity contribution is 5.92. The van der Waals surface area contributed by atoms with Gasteiger partial charge in [0, 0.05) is 45.6 Å². The normalized spacial score (nSPS) is 53.1. The largest absolute Gasteiger partial charge is 0.425 e. The molecule has 1 spiro atoms. The minimum atomic E-state index is -1.40. The van der Waals surface area contributed by atoms with Gasteiger partial charge >= 0.3 is 5.97 Å². The van der Waals surface area contributed by atoms with Crippen molar-refractivity contribution >= 4 is 11.8 Å². The van der Waals surface area contributed by atoms with Crippen molar-refractivity contribution < 1.29 is 34.4 Å². The van der Waals surface area contributed by atoms with Gasteiger partial charge in [0.05, 0.1) is 17.8 Å². The van der Waals surface area contributed by atoms with Gasteiger partial charge in [0.2, 0.25) is 5.79 Å². The predicted molar refractivity (Wildman–Crippen MR) is 139 cm³/mol. The van der Waals surface area contributed by atoms with Crippen molar-refractivity contribution in [2.24, 2.45) is 33.5 Å². The fourth-order valence-electron chi connectivity index (χ4n) is 9.91. The molecule has 10 atom stereocenters. The van der Waals surface area contributed by atoms with Gasteiger partial charge in [0.1, 0.15) is 6.10 Å². The number of carbonyl (C=O) groups is 2. The fourth-order valence-corrected chi connectivity index (χ4v) is 9.91. The molecule has 0 aromatic rings. The summed E-state index contributed by atoms with van der Waals surface area (Å²) in [7, 11) is 0. The quantitative estimate of drug-likeness (QED) is 0.412. The van der Waals surface area contributed by atoms with E-state index in [1.54, 1.807) is 13.8 Å². The van der Waals surface area contributed by atoms with Crippen LogP contribution in [0.15, 0.2) is 34.4 Å². The summed E-state index contributed by atoms with van der Waals surface area (Å²) in [5.41, 5.74) is -0.806. The summed E-state index contributed by atoms with van der Waals surface area (Å²) in [6.07, 6.45) is 3.31. The van der Waals surface area contributed by atoms with Gasteiger partial charge in [-0.2, -0.15) is 0 Å². The Kier molecular flexibility index (Phi) is 5.06. The molecule has 2 saturated carbocycles. The first-order valence-corrected chi connectivity index (χ1v) is 14.0. The summed E-state index contributed by atoms with van der Waals surface area (Å²) < 4.78 is 12.8. The molecule has 208 valence electrons. The Morgan fingerprint density at radius 1 is 0.974 bits per heavy atom. The van der Waals surface area contributed by atoms with Crippen molar-refractivity contribution in [2.75, 3.05) is 0 Å². The molecule has 38 heavy (non-hydrogen) atoms. The molecule has 0 unspecified atom stereocenters. The van der Waals surface area contributed by atoms with E-state index in [2.05, 4.69) is 32.9 Å². The average molecular weight is 527 g/mol. The monoisotopic (exact) mass is 526 g/mol. The number of esters is 1. The van der Waals surface area contributed by atoms with Crippen molar-refractivity contribution in [2.45, 2.75) is 111 Å². The second-order valence-electron chi connectivity index (χ2n) is 14.5. The van der Waals surface area contributed by atoms with Crippen LogP contribution in [0, 0.1) is 33.5 Å². The number of aliphatic hydroxyl groups excluding tert-OH is 2. The molecule has 4 aliphatic carbocycles. The number of hydrogen-bond donors (Lipinski definition) is 3. The third-order valence-corrected chi connectivity index (χ3v) is 12.5. The number of hydrogen-bond acceptors (Lipinski definition) is 7. The molecule has 7 nitrogen and oxygen atoms in total. The highest BCUT2D eigenvalue weighted by Crippen LogP contribution is 2.73. The molecular weight excluding hydrogens is 484 g/mol. The van der Waals surface area contributed by atoms with Crippen molar-refractivity contribution in [1.82, 2.24) is 0 Å². The zero-order valence-corrected chi connectivity index (χ0v) is 23.8. The van der Waals surface area contributed by atoms with Crippen LogP contribution in [0.5, 0.6) is 0 Å². The molecule has 0 radical (unpaired) electrons. The second-order valence-corrected chi connectivity index (χ2v) is 14.5. The third-order valence-electron chi connectivity index (χ3n) is 12.5. The molecule has 3 fully saturated rings. The molecule has 0 aromatic carbocycles. The lowest BCUT2D eigenvalue weighted by atomic mass is 9.43. The molecular formula is C31H42O7. The Morgan fingerprint density at radius 3 is 2.24 bits per heavy atom. The minimum absolute atomic E-state index is 0.0102. The lowest BCUT2D eigenvalue weighted by Crippen LogP contribution is -2.61. The van der Waals surface area contributed by atoms with Crippen LogP contribution in [0.4, 0.5) is 0 Å². The van der Waals surface area contributed by atoms with Gasteiger partial charge in [0.15, 0.2) is 5.78 Å². The number of ether oxygens (including phenoxy) is 2. The summed E-state index contributed by atoms with van der Waals surface area (Å²) in [6.45, 7) is 15.5. The van der Waals surface area contributed by atoms with Crippen LogP contribution >= 0.6 is 0 Å². The Morgan fingerprint density at radius 2 is 1.63 bits per heavy atom. The zero-order valence-electron chi connectivity index (χ0n) is 23.8. The maximum atomic E-state index is 13.2. The molecule has 6 aliphatic rings. The van der Waals surface area contributed by atoms with E-state index in [4.69, 9.17) is 9.47 Å². The first-order valence-electron chi connectivity index (χ1n) is 14.0. The lowest BCUT2D eigenvalue weighted by molar-refractivity contribution is -0.236. The molecule has 0 amide bonds. The van der Waals surface area contributed by atoms with E-state index in [0.717, 1.165) is 11.1 Å². The lowest BCUT2D eigenvalue weighted by Gasteiger charge is -2.62. The SMILES string of the molecule is CC1=C(C)[C@@]2(C[C@](C)(O)[C@H]3C[C@H](O)[C@@]4(C)C5=CC[C@H]6C(C)(C)[C@@H](O)C(=O)C[C@]6(C)C5=C[C@@H](O2)[C@]34C)OC1=O. The van der Waals surface area contributed by atoms with Crippen LogP contribution in [0.2, 0.25) is 0 Å². The van der Waals surface area contributed by atoms with Gasteiger partial charge in [-0.3, -0.25) is 4.79 Å². The van der Waals surface area contributed by atoms with Gasteiger partial charge in [-0.25, -0.2) is 4.79 Å². The Labute approximate surface area is 225 Å². The van der Waals surface area contributed by atoms with Crippen LogP contribution in [0.1, 0.15) is 81.1 Å². The summed E-state index contributed by atoms with van der Waals surface area (Å²) in [5, 5.41) is 34.7. The van der Waals surface area contributed by atoms with Gasteiger partial charge in [0.25, 0.3) is 0 Å². The number of rotatable bonds is 0. The van der Waals surface area contributed by atoms with Crippen LogP contribution < -0.4 is 0 Å². The van der Waals surface area contributed by atoms with Crippen LogP contribution in [-0.4, -0.2) is 56.8 Å². The van der Waals surface area contributed by atoms with Crippen molar-refractivity contribution in [3.8, 4) is 0 Å². The van der Waals surface area contributed by atoms with Gasteiger partial charge < -0.3 is 24.8 Å². The second kappa shape index (κ2) is 7.28. The summed E-state index contributed by atoms with van der Waals surface area (Å²) in [4.78, 5) is 25.9. The van der Waals surface area contributed by atoms with E-state index in [-0.39, 0.29) is 30.5 Å². The van der Waals surface area contributed by atoms with E-state index in [0.29, 0.717) is 24.0 Å². The van der Waals surface area contributed by atoms with E-state index < -0.39 is 57.3 Å². The zero-order chi connectivity index (χ0) is 28.0. The van der Waals surface area contributed by atoms with Crippen molar-refractivity contribution in [3.63, 3.8) is 0 Å². The molecule has 0 aromatic heterocycles. The Balaban J connectivity index is 1.60. The molecule has 6 rings (SSSR count). The number of aliphatic hydroxyl groups is 3. The molecule has 0 bridgehead atoms.